The maximum atomic E-state index is 12.4. The highest BCUT2D eigenvalue weighted by atomic mass is 16.5. The molecule has 0 aliphatic heterocycles. The Kier molecular flexibility index (Phi) is 6.21. The molecule has 26 heavy (non-hydrogen) atoms. The topological polar surface area (TPSA) is 91.4 Å². The normalized spacial score (nSPS) is 13.2. The Hall–Kier alpha value is -2.60. The fourth-order valence-corrected chi connectivity index (χ4v) is 2.94. The van der Waals surface area contributed by atoms with Gasteiger partial charge in [-0.15, -0.1) is 0 Å². The van der Waals surface area contributed by atoms with E-state index in [0.29, 0.717) is 22.5 Å². The van der Waals surface area contributed by atoms with Gasteiger partial charge in [-0.1, -0.05) is 19.1 Å². The SMILES string of the molecule is CCc1ccc(NC(=O)[C@@H](C)OC(=O)c2[nH]c(C)c([C@H](C)O)c2C)cc1. The summed E-state index contributed by atoms with van der Waals surface area (Å²) in [6, 6.07) is 7.52. The summed E-state index contributed by atoms with van der Waals surface area (Å²) in [7, 11) is 0. The lowest BCUT2D eigenvalue weighted by atomic mass is 10.1. The lowest BCUT2D eigenvalue weighted by molar-refractivity contribution is -0.123. The van der Waals surface area contributed by atoms with Crippen LogP contribution in [0, 0.1) is 13.8 Å². The molecule has 0 saturated heterocycles. The average molecular weight is 358 g/mol. The van der Waals surface area contributed by atoms with E-state index in [9.17, 15) is 14.7 Å². The zero-order chi connectivity index (χ0) is 19.4. The van der Waals surface area contributed by atoms with Crippen LogP contribution >= 0.6 is 0 Å². The van der Waals surface area contributed by atoms with Gasteiger partial charge in [0.1, 0.15) is 5.69 Å². The van der Waals surface area contributed by atoms with E-state index >= 15 is 0 Å². The van der Waals surface area contributed by atoms with Crippen LogP contribution in [0.2, 0.25) is 0 Å². The minimum atomic E-state index is -0.952. The molecule has 1 aromatic carbocycles. The van der Waals surface area contributed by atoms with Crippen molar-refractivity contribution in [1.29, 1.82) is 0 Å². The van der Waals surface area contributed by atoms with E-state index in [4.69, 9.17) is 4.74 Å². The van der Waals surface area contributed by atoms with Crippen molar-refractivity contribution in [1.82, 2.24) is 4.98 Å². The summed E-state index contributed by atoms with van der Waals surface area (Å²) in [6.07, 6.45) is -0.725. The predicted molar refractivity (Wildman–Crippen MR) is 100 cm³/mol. The standard InChI is InChI=1S/C20H26N2O4/c1-6-15-7-9-16(10-8-15)22-19(24)14(5)26-20(25)18-11(2)17(13(4)23)12(3)21-18/h7-10,13-14,21,23H,6H2,1-5H3,(H,22,24)/t13-,14+/m0/s1. The molecule has 6 heteroatoms. The molecule has 2 aromatic rings. The third kappa shape index (κ3) is 4.32. The molecule has 0 spiro atoms. The smallest absolute Gasteiger partial charge is 0.355 e. The third-order valence-corrected chi connectivity index (χ3v) is 4.40. The maximum absolute atomic E-state index is 12.4. The number of hydrogen-bond acceptors (Lipinski definition) is 4. The number of anilines is 1. The van der Waals surface area contributed by atoms with Crippen LogP contribution in [0.1, 0.15) is 59.7 Å². The summed E-state index contributed by atoms with van der Waals surface area (Å²) in [6.45, 7) is 8.74. The van der Waals surface area contributed by atoms with Crippen molar-refractivity contribution < 1.29 is 19.4 Å². The number of aromatic amines is 1. The van der Waals surface area contributed by atoms with E-state index in [1.165, 1.54) is 12.5 Å². The van der Waals surface area contributed by atoms with Crippen LogP contribution < -0.4 is 5.32 Å². The number of carbonyl (C=O) groups is 2. The van der Waals surface area contributed by atoms with E-state index in [2.05, 4.69) is 17.2 Å². The van der Waals surface area contributed by atoms with Gasteiger partial charge in [0, 0.05) is 16.9 Å². The first kappa shape index (κ1) is 19.7. The van der Waals surface area contributed by atoms with Crippen LogP contribution in [0.3, 0.4) is 0 Å². The zero-order valence-electron chi connectivity index (χ0n) is 15.8. The number of carbonyl (C=O) groups excluding carboxylic acids is 2. The number of aromatic nitrogens is 1. The second-order valence-corrected chi connectivity index (χ2v) is 6.43. The number of H-pyrrole nitrogens is 1. The number of aryl methyl sites for hydroxylation is 2. The first-order chi connectivity index (χ1) is 12.2. The second-order valence-electron chi connectivity index (χ2n) is 6.43. The van der Waals surface area contributed by atoms with Crippen molar-refractivity contribution in [3.05, 3.63) is 52.3 Å². The van der Waals surface area contributed by atoms with Gasteiger partial charge in [0.05, 0.1) is 6.10 Å². The van der Waals surface area contributed by atoms with Crippen molar-refractivity contribution in [2.75, 3.05) is 5.32 Å². The number of aliphatic hydroxyl groups is 1. The highest BCUT2D eigenvalue weighted by Gasteiger charge is 2.24. The summed E-state index contributed by atoms with van der Waals surface area (Å²) >= 11 is 0. The van der Waals surface area contributed by atoms with Crippen LogP contribution in [0.5, 0.6) is 0 Å². The minimum Gasteiger partial charge on any atom is -0.448 e. The van der Waals surface area contributed by atoms with Gasteiger partial charge < -0.3 is 20.1 Å². The molecule has 1 aromatic heterocycles. The highest BCUT2D eigenvalue weighted by Crippen LogP contribution is 2.25. The number of esters is 1. The van der Waals surface area contributed by atoms with Gasteiger partial charge in [0.25, 0.3) is 5.91 Å². The molecule has 0 unspecified atom stereocenters. The molecule has 0 saturated carbocycles. The van der Waals surface area contributed by atoms with Crippen molar-refractivity contribution in [2.45, 2.75) is 53.2 Å². The minimum absolute atomic E-state index is 0.255. The number of aliphatic hydroxyl groups excluding tert-OH is 1. The largest absolute Gasteiger partial charge is 0.448 e. The molecule has 0 aliphatic rings. The third-order valence-electron chi connectivity index (χ3n) is 4.40. The van der Waals surface area contributed by atoms with Gasteiger partial charge in [-0.05, 0) is 57.4 Å². The van der Waals surface area contributed by atoms with Gasteiger partial charge in [-0.25, -0.2) is 4.79 Å². The lowest BCUT2D eigenvalue weighted by Gasteiger charge is -2.14. The number of ether oxygens (including phenoxy) is 1. The molecule has 0 aliphatic carbocycles. The first-order valence-corrected chi connectivity index (χ1v) is 8.72. The lowest BCUT2D eigenvalue weighted by Crippen LogP contribution is -2.30. The average Bonchev–Trinajstić information content (AvgIpc) is 2.90. The Morgan fingerprint density at radius 1 is 1.19 bits per heavy atom. The van der Waals surface area contributed by atoms with E-state index in [-0.39, 0.29) is 5.69 Å². The molecular weight excluding hydrogens is 332 g/mol. The van der Waals surface area contributed by atoms with Crippen molar-refractivity contribution in [2.24, 2.45) is 0 Å². The number of benzene rings is 1. The van der Waals surface area contributed by atoms with E-state index in [0.717, 1.165) is 6.42 Å². The molecule has 2 atom stereocenters. The second kappa shape index (κ2) is 8.19. The Labute approximate surface area is 153 Å². The van der Waals surface area contributed by atoms with Crippen LogP contribution in [0.15, 0.2) is 24.3 Å². The van der Waals surface area contributed by atoms with Crippen molar-refractivity contribution in [3.8, 4) is 0 Å². The summed E-state index contributed by atoms with van der Waals surface area (Å²) in [5.41, 5.74) is 4.09. The highest BCUT2D eigenvalue weighted by molar-refractivity contribution is 5.97. The molecule has 1 amide bonds. The molecule has 140 valence electrons. The monoisotopic (exact) mass is 358 g/mol. The van der Waals surface area contributed by atoms with E-state index < -0.39 is 24.1 Å². The van der Waals surface area contributed by atoms with Gasteiger partial charge in [-0.2, -0.15) is 0 Å². The van der Waals surface area contributed by atoms with Crippen LogP contribution in [0.4, 0.5) is 5.69 Å². The number of nitrogens with one attached hydrogen (secondary N) is 2. The molecule has 1 heterocycles. The quantitative estimate of drug-likeness (QED) is 0.690. The Bertz CT molecular complexity index is 791. The Morgan fingerprint density at radius 2 is 1.81 bits per heavy atom. The first-order valence-electron chi connectivity index (χ1n) is 8.72. The molecule has 6 nitrogen and oxygen atoms in total. The van der Waals surface area contributed by atoms with Crippen LogP contribution in [-0.4, -0.2) is 28.1 Å². The molecule has 0 fully saturated rings. The molecule has 0 radical (unpaired) electrons. The van der Waals surface area contributed by atoms with Crippen LogP contribution in [0.25, 0.3) is 0 Å². The predicted octanol–water partition coefficient (Wildman–Crippen LogP) is 3.43. The number of hydrogen-bond donors (Lipinski definition) is 3. The van der Waals surface area contributed by atoms with Gasteiger partial charge >= 0.3 is 5.97 Å². The van der Waals surface area contributed by atoms with Crippen molar-refractivity contribution >= 4 is 17.6 Å². The van der Waals surface area contributed by atoms with Gasteiger partial charge in [0.2, 0.25) is 0 Å². The van der Waals surface area contributed by atoms with Crippen molar-refractivity contribution in [3.63, 3.8) is 0 Å². The fourth-order valence-electron chi connectivity index (χ4n) is 2.94. The van der Waals surface area contributed by atoms with Gasteiger partial charge in [-0.3, -0.25) is 4.79 Å². The molecule has 2 rings (SSSR count). The summed E-state index contributed by atoms with van der Waals surface area (Å²) in [5, 5.41) is 12.5. The molecule has 3 N–H and O–H groups in total. The van der Waals surface area contributed by atoms with E-state index in [1.54, 1.807) is 20.8 Å². The summed E-state index contributed by atoms with van der Waals surface area (Å²) < 4.78 is 5.28. The Balaban J connectivity index is 2.04. The molecular formula is C20H26N2O4. The summed E-state index contributed by atoms with van der Waals surface area (Å²) in [4.78, 5) is 27.6. The van der Waals surface area contributed by atoms with E-state index in [1.807, 2.05) is 24.3 Å². The van der Waals surface area contributed by atoms with Crippen LogP contribution in [-0.2, 0) is 16.0 Å². The fraction of sp³-hybridized carbons (Fsp3) is 0.400. The van der Waals surface area contributed by atoms with Gasteiger partial charge in [0.15, 0.2) is 6.10 Å². The Morgan fingerprint density at radius 3 is 2.31 bits per heavy atom. The maximum Gasteiger partial charge on any atom is 0.355 e. The zero-order valence-corrected chi connectivity index (χ0v) is 15.8. The number of amides is 1. The molecule has 0 bridgehead atoms. The number of rotatable bonds is 6. The summed E-state index contributed by atoms with van der Waals surface area (Å²) in [5.74, 6) is -1.03.